The molecule has 9 heteroatoms. The molecule has 0 spiro atoms. The Hall–Kier alpha value is -4.24. The number of fused-ring (bicyclic) bond motifs is 3. The van der Waals surface area contributed by atoms with Gasteiger partial charge in [0.25, 0.3) is 5.91 Å². The minimum atomic E-state index is -1.30. The van der Waals surface area contributed by atoms with Gasteiger partial charge in [-0.15, -0.1) is 0 Å². The van der Waals surface area contributed by atoms with Crippen LogP contribution in [-0.4, -0.2) is 47.4 Å². The third-order valence-electron chi connectivity index (χ3n) is 5.71. The molecule has 3 aromatic rings. The summed E-state index contributed by atoms with van der Waals surface area (Å²) in [5.74, 6) is -3.06. The molecule has 3 aromatic carbocycles. The molecule has 1 aliphatic rings. The van der Waals surface area contributed by atoms with E-state index in [-0.39, 0.29) is 30.3 Å². The SMILES string of the molecule is O=C(O)CC(O)CNC(=O)c1ccc(NC(=O)OCC2c3ccccc3-c3ccccc32)cc1F. The lowest BCUT2D eigenvalue weighted by molar-refractivity contribution is -0.139. The highest BCUT2D eigenvalue weighted by Crippen LogP contribution is 2.44. The maximum Gasteiger partial charge on any atom is 0.411 e. The summed E-state index contributed by atoms with van der Waals surface area (Å²) in [5, 5.41) is 22.9. The van der Waals surface area contributed by atoms with Gasteiger partial charge in [0.1, 0.15) is 12.4 Å². The molecule has 0 aliphatic heterocycles. The summed E-state index contributed by atoms with van der Waals surface area (Å²) in [6.45, 7) is -0.244. The zero-order valence-corrected chi connectivity index (χ0v) is 18.5. The summed E-state index contributed by atoms with van der Waals surface area (Å²) in [7, 11) is 0. The lowest BCUT2D eigenvalue weighted by Gasteiger charge is -2.15. The highest BCUT2D eigenvalue weighted by atomic mass is 19.1. The number of halogens is 1. The predicted octanol–water partition coefficient (Wildman–Crippen LogP) is 3.75. The first-order valence-electron chi connectivity index (χ1n) is 10.9. The Morgan fingerprint density at radius 2 is 1.60 bits per heavy atom. The maximum absolute atomic E-state index is 14.4. The number of hydrogen-bond donors (Lipinski definition) is 4. The van der Waals surface area contributed by atoms with E-state index < -0.39 is 36.3 Å². The molecule has 4 rings (SSSR count). The summed E-state index contributed by atoms with van der Waals surface area (Å²) < 4.78 is 19.9. The molecule has 0 bridgehead atoms. The first kappa shape index (κ1) is 23.9. The van der Waals surface area contributed by atoms with Gasteiger partial charge in [0.05, 0.1) is 18.1 Å². The number of rotatable bonds is 8. The van der Waals surface area contributed by atoms with Crippen LogP contribution in [0.5, 0.6) is 0 Å². The molecule has 8 nitrogen and oxygen atoms in total. The van der Waals surface area contributed by atoms with E-state index in [4.69, 9.17) is 9.84 Å². The summed E-state index contributed by atoms with van der Waals surface area (Å²) in [6, 6.07) is 19.3. The predicted molar refractivity (Wildman–Crippen MR) is 126 cm³/mol. The molecule has 0 radical (unpaired) electrons. The number of anilines is 1. The van der Waals surface area contributed by atoms with Crippen molar-refractivity contribution in [3.63, 3.8) is 0 Å². The molecule has 4 N–H and O–H groups in total. The van der Waals surface area contributed by atoms with E-state index in [0.29, 0.717) is 0 Å². The quantitative estimate of drug-likeness (QED) is 0.391. The highest BCUT2D eigenvalue weighted by Gasteiger charge is 2.29. The van der Waals surface area contributed by atoms with Crippen LogP contribution in [0.4, 0.5) is 14.9 Å². The summed E-state index contributed by atoms with van der Waals surface area (Å²) in [5.41, 5.74) is 4.12. The Bertz CT molecular complexity index is 1230. The molecule has 0 aromatic heterocycles. The third kappa shape index (κ3) is 5.47. The molecular formula is C26H23FN2O6. The van der Waals surface area contributed by atoms with Crippen LogP contribution in [0.1, 0.15) is 33.8 Å². The third-order valence-corrected chi connectivity index (χ3v) is 5.71. The molecule has 1 unspecified atom stereocenters. The molecular weight excluding hydrogens is 455 g/mol. The lowest BCUT2D eigenvalue weighted by Crippen LogP contribution is -2.33. The van der Waals surface area contributed by atoms with E-state index in [1.165, 1.54) is 12.1 Å². The van der Waals surface area contributed by atoms with Crippen molar-refractivity contribution < 1.29 is 33.7 Å². The van der Waals surface area contributed by atoms with Gasteiger partial charge in [-0.3, -0.25) is 14.9 Å². The molecule has 1 atom stereocenters. The van der Waals surface area contributed by atoms with Crippen LogP contribution in [0, 0.1) is 5.82 Å². The second-order valence-electron chi connectivity index (χ2n) is 8.11. The van der Waals surface area contributed by atoms with Crippen molar-refractivity contribution in [3.8, 4) is 11.1 Å². The fraction of sp³-hybridized carbons (Fsp3) is 0.192. The molecule has 1 aliphatic carbocycles. The number of carbonyl (C=O) groups excluding carboxylic acids is 2. The number of nitrogens with one attached hydrogen (secondary N) is 2. The molecule has 0 heterocycles. The monoisotopic (exact) mass is 478 g/mol. The lowest BCUT2D eigenvalue weighted by atomic mass is 9.98. The number of amides is 2. The van der Waals surface area contributed by atoms with Gasteiger partial charge in [-0.1, -0.05) is 48.5 Å². The normalized spacial score (nSPS) is 12.9. The Labute approximate surface area is 200 Å². The van der Waals surface area contributed by atoms with E-state index in [1.807, 2.05) is 48.5 Å². The van der Waals surface area contributed by atoms with Crippen molar-refractivity contribution in [3.05, 3.63) is 89.2 Å². The van der Waals surface area contributed by atoms with E-state index in [1.54, 1.807) is 0 Å². The average Bonchev–Trinajstić information content (AvgIpc) is 3.15. The van der Waals surface area contributed by atoms with Crippen molar-refractivity contribution in [1.82, 2.24) is 5.32 Å². The standard InChI is InChI=1S/C26H23FN2O6/c27-23-11-15(9-10-21(23)25(33)28-13-16(30)12-24(31)32)29-26(34)35-14-22-19-7-3-1-5-17(19)18-6-2-4-8-20(18)22/h1-11,16,22,30H,12-14H2,(H,28,33)(H,29,34)(H,31,32). The van der Waals surface area contributed by atoms with Crippen molar-refractivity contribution in [2.45, 2.75) is 18.4 Å². The van der Waals surface area contributed by atoms with E-state index in [9.17, 15) is 23.9 Å². The first-order chi connectivity index (χ1) is 16.8. The molecule has 0 saturated carbocycles. The van der Waals surface area contributed by atoms with Crippen LogP contribution in [0.15, 0.2) is 66.7 Å². The molecule has 35 heavy (non-hydrogen) atoms. The molecule has 2 amide bonds. The van der Waals surface area contributed by atoms with Gasteiger partial charge in [-0.05, 0) is 40.5 Å². The number of aliphatic carboxylic acids is 1. The average molecular weight is 478 g/mol. The van der Waals surface area contributed by atoms with Crippen LogP contribution < -0.4 is 10.6 Å². The Morgan fingerprint density at radius 1 is 0.971 bits per heavy atom. The molecule has 0 fully saturated rings. The summed E-state index contributed by atoms with van der Waals surface area (Å²) >= 11 is 0. The van der Waals surface area contributed by atoms with Crippen LogP contribution in [0.2, 0.25) is 0 Å². The zero-order valence-electron chi connectivity index (χ0n) is 18.5. The summed E-state index contributed by atoms with van der Waals surface area (Å²) in [4.78, 5) is 35.1. The van der Waals surface area contributed by atoms with E-state index >= 15 is 0 Å². The minimum Gasteiger partial charge on any atom is -0.481 e. The Kier molecular flexibility index (Phi) is 7.07. The first-order valence-corrected chi connectivity index (χ1v) is 10.9. The number of ether oxygens (including phenoxy) is 1. The van der Waals surface area contributed by atoms with E-state index in [2.05, 4.69) is 10.6 Å². The van der Waals surface area contributed by atoms with Gasteiger partial charge in [0.15, 0.2) is 0 Å². The van der Waals surface area contributed by atoms with Crippen molar-refractivity contribution in [2.75, 3.05) is 18.5 Å². The fourth-order valence-electron chi connectivity index (χ4n) is 4.11. The Balaban J connectivity index is 1.35. The van der Waals surface area contributed by atoms with E-state index in [0.717, 1.165) is 28.3 Å². The highest BCUT2D eigenvalue weighted by molar-refractivity contribution is 5.95. The van der Waals surface area contributed by atoms with Crippen LogP contribution >= 0.6 is 0 Å². The number of carboxylic acids is 1. The second kappa shape index (κ2) is 10.4. The van der Waals surface area contributed by atoms with Gasteiger partial charge < -0.3 is 20.3 Å². The molecule has 0 saturated heterocycles. The number of benzene rings is 3. The zero-order chi connectivity index (χ0) is 24.9. The topological polar surface area (TPSA) is 125 Å². The summed E-state index contributed by atoms with van der Waals surface area (Å²) in [6.07, 6.45) is -2.61. The van der Waals surface area contributed by atoms with Gasteiger partial charge in [-0.25, -0.2) is 9.18 Å². The van der Waals surface area contributed by atoms with Crippen molar-refractivity contribution in [1.29, 1.82) is 0 Å². The van der Waals surface area contributed by atoms with Crippen molar-refractivity contribution >= 4 is 23.7 Å². The van der Waals surface area contributed by atoms with Gasteiger partial charge in [-0.2, -0.15) is 0 Å². The van der Waals surface area contributed by atoms with Gasteiger partial charge in [0.2, 0.25) is 0 Å². The van der Waals surface area contributed by atoms with Crippen LogP contribution in [0.25, 0.3) is 11.1 Å². The molecule has 180 valence electrons. The minimum absolute atomic E-state index is 0.0987. The smallest absolute Gasteiger partial charge is 0.411 e. The maximum atomic E-state index is 14.4. The number of carbonyl (C=O) groups is 3. The largest absolute Gasteiger partial charge is 0.481 e. The number of aliphatic hydroxyl groups is 1. The fourth-order valence-corrected chi connectivity index (χ4v) is 4.11. The van der Waals surface area contributed by atoms with Crippen LogP contribution in [-0.2, 0) is 9.53 Å². The second-order valence-corrected chi connectivity index (χ2v) is 8.11. The number of aliphatic hydroxyl groups excluding tert-OH is 1. The van der Waals surface area contributed by atoms with Gasteiger partial charge in [0, 0.05) is 18.2 Å². The van der Waals surface area contributed by atoms with Gasteiger partial charge >= 0.3 is 12.1 Å². The Morgan fingerprint density at radius 3 is 2.20 bits per heavy atom. The number of hydrogen-bond acceptors (Lipinski definition) is 5. The number of carboxylic acid groups (broad SMARTS) is 1. The van der Waals surface area contributed by atoms with Crippen LogP contribution in [0.3, 0.4) is 0 Å². The van der Waals surface area contributed by atoms with Crippen molar-refractivity contribution in [2.24, 2.45) is 0 Å².